The molecule has 2 heterocycles. The first-order valence-electron chi connectivity index (χ1n) is 4.89. The Morgan fingerprint density at radius 3 is 3.00 bits per heavy atom. The minimum atomic E-state index is 0.0390. The molecule has 0 radical (unpaired) electrons. The molecule has 0 aliphatic rings. The van der Waals surface area contributed by atoms with Gasteiger partial charge in [0, 0.05) is 10.9 Å². The van der Waals surface area contributed by atoms with Crippen molar-refractivity contribution >= 4 is 17.2 Å². The molecule has 0 N–H and O–H groups in total. The fourth-order valence-electron chi connectivity index (χ4n) is 1.09. The maximum Gasteiger partial charge on any atom is 0.202 e. The van der Waals surface area contributed by atoms with Crippen molar-refractivity contribution in [1.82, 2.24) is 14.8 Å². The van der Waals surface area contributed by atoms with E-state index in [1.54, 1.807) is 22.3 Å². The average Bonchev–Trinajstić information content (AvgIpc) is 2.88. The smallest absolute Gasteiger partial charge is 0.202 e. The highest BCUT2D eigenvalue weighted by Crippen LogP contribution is 2.09. The fourth-order valence-corrected chi connectivity index (χ4v) is 1.73. The minimum Gasteiger partial charge on any atom is -0.391 e. The van der Waals surface area contributed by atoms with Gasteiger partial charge in [-0.25, -0.2) is 4.98 Å². The molecule has 0 spiro atoms. The Morgan fingerprint density at radius 1 is 1.56 bits per heavy atom. The van der Waals surface area contributed by atoms with Crippen LogP contribution in [-0.4, -0.2) is 26.7 Å². The summed E-state index contributed by atoms with van der Waals surface area (Å²) >= 11 is 1.60. The van der Waals surface area contributed by atoms with E-state index in [1.807, 2.05) is 30.7 Å². The van der Waals surface area contributed by atoms with Crippen molar-refractivity contribution in [1.29, 1.82) is 0 Å². The first-order chi connectivity index (χ1) is 7.77. The first kappa shape index (κ1) is 10.8. The van der Waals surface area contributed by atoms with Crippen molar-refractivity contribution < 1.29 is 4.84 Å². The third-order valence-electron chi connectivity index (χ3n) is 1.77. The Hall–Kier alpha value is -1.69. The summed E-state index contributed by atoms with van der Waals surface area (Å²) in [7, 11) is 0. The van der Waals surface area contributed by atoms with Gasteiger partial charge >= 0.3 is 0 Å². The highest BCUT2D eigenvalue weighted by atomic mass is 32.1. The molecule has 0 atom stereocenters. The summed E-state index contributed by atoms with van der Waals surface area (Å²) in [6, 6.07) is 1.97. The Balaban J connectivity index is 2.31. The number of nitrogens with zero attached hydrogens (tertiary/aromatic N) is 4. The summed E-state index contributed by atoms with van der Waals surface area (Å²) in [5.74, 6) is 0.646. The second kappa shape index (κ2) is 4.89. The van der Waals surface area contributed by atoms with Crippen LogP contribution in [0.15, 0.2) is 34.6 Å². The Morgan fingerprint density at radius 2 is 2.44 bits per heavy atom. The lowest BCUT2D eigenvalue weighted by atomic mass is 10.3. The third kappa shape index (κ3) is 2.46. The van der Waals surface area contributed by atoms with Crippen LogP contribution in [0, 0.1) is 0 Å². The van der Waals surface area contributed by atoms with Crippen LogP contribution >= 0.6 is 11.3 Å². The zero-order valence-electron chi connectivity index (χ0n) is 9.07. The first-order valence-corrected chi connectivity index (χ1v) is 5.83. The van der Waals surface area contributed by atoms with Gasteiger partial charge in [0.25, 0.3) is 0 Å². The van der Waals surface area contributed by atoms with E-state index in [0.717, 1.165) is 5.56 Å². The van der Waals surface area contributed by atoms with Crippen LogP contribution in [0.25, 0.3) is 0 Å². The summed E-state index contributed by atoms with van der Waals surface area (Å²) < 4.78 is 1.59. The van der Waals surface area contributed by atoms with Gasteiger partial charge in [0.15, 0.2) is 0 Å². The molecule has 2 aromatic heterocycles. The van der Waals surface area contributed by atoms with Gasteiger partial charge in [0.2, 0.25) is 5.84 Å². The maximum absolute atomic E-state index is 5.26. The largest absolute Gasteiger partial charge is 0.391 e. The Kier molecular flexibility index (Phi) is 3.31. The molecule has 6 heteroatoms. The molecule has 2 aromatic rings. The Bertz CT molecular complexity index is 411. The monoisotopic (exact) mass is 236 g/mol. The summed E-state index contributed by atoms with van der Waals surface area (Å²) in [4.78, 5) is 9.15. The number of thiophene rings is 1. The van der Waals surface area contributed by atoms with E-state index in [-0.39, 0.29) is 6.10 Å². The van der Waals surface area contributed by atoms with Gasteiger partial charge in [-0.05, 0) is 25.3 Å². The van der Waals surface area contributed by atoms with Crippen molar-refractivity contribution in [2.45, 2.75) is 20.0 Å². The molecule has 0 amide bonds. The number of oxime groups is 1. The van der Waals surface area contributed by atoms with Crippen molar-refractivity contribution in [2.24, 2.45) is 5.16 Å². The van der Waals surface area contributed by atoms with E-state index in [9.17, 15) is 0 Å². The van der Waals surface area contributed by atoms with Crippen molar-refractivity contribution in [3.63, 3.8) is 0 Å². The van der Waals surface area contributed by atoms with E-state index in [4.69, 9.17) is 4.84 Å². The third-order valence-corrected chi connectivity index (χ3v) is 2.45. The van der Waals surface area contributed by atoms with Gasteiger partial charge in [-0.2, -0.15) is 21.1 Å². The highest BCUT2D eigenvalue weighted by molar-refractivity contribution is 7.08. The lowest BCUT2D eigenvalue weighted by Crippen LogP contribution is -2.15. The normalized spacial score (nSPS) is 12.1. The van der Waals surface area contributed by atoms with E-state index in [1.165, 1.54) is 6.33 Å². The van der Waals surface area contributed by atoms with Crippen LogP contribution in [-0.2, 0) is 4.84 Å². The van der Waals surface area contributed by atoms with Gasteiger partial charge in [-0.1, -0.05) is 5.16 Å². The van der Waals surface area contributed by atoms with Crippen LogP contribution in [0.4, 0.5) is 0 Å². The quantitative estimate of drug-likeness (QED) is 0.465. The lowest BCUT2D eigenvalue weighted by Gasteiger charge is -2.06. The number of aromatic nitrogens is 3. The standard InChI is InChI=1S/C10H12N4OS/c1-8(2)15-13-10(9-3-4-16-5-9)14-7-11-6-12-14/h3-8H,1-2H3. The molecule has 5 nitrogen and oxygen atoms in total. The van der Waals surface area contributed by atoms with Crippen molar-refractivity contribution in [3.8, 4) is 0 Å². The van der Waals surface area contributed by atoms with Crippen molar-refractivity contribution in [2.75, 3.05) is 0 Å². The topological polar surface area (TPSA) is 52.3 Å². The van der Waals surface area contributed by atoms with E-state index < -0.39 is 0 Å². The van der Waals surface area contributed by atoms with Crippen LogP contribution in [0.5, 0.6) is 0 Å². The molecular formula is C10H12N4OS. The van der Waals surface area contributed by atoms with Crippen LogP contribution < -0.4 is 0 Å². The molecule has 84 valence electrons. The summed E-state index contributed by atoms with van der Waals surface area (Å²) in [6.07, 6.45) is 3.11. The predicted molar refractivity (Wildman–Crippen MR) is 62.5 cm³/mol. The maximum atomic E-state index is 5.26. The number of rotatable bonds is 3. The van der Waals surface area contributed by atoms with Gasteiger partial charge in [0.1, 0.15) is 18.8 Å². The molecule has 2 rings (SSSR count). The second-order valence-corrected chi connectivity index (χ2v) is 4.20. The summed E-state index contributed by atoms with van der Waals surface area (Å²) in [6.45, 7) is 3.85. The molecule has 0 saturated carbocycles. The van der Waals surface area contributed by atoms with E-state index in [2.05, 4.69) is 15.2 Å². The molecule has 0 aliphatic carbocycles. The molecule has 0 unspecified atom stereocenters. The molecule has 0 bridgehead atoms. The fraction of sp³-hybridized carbons (Fsp3) is 0.300. The zero-order chi connectivity index (χ0) is 11.4. The van der Waals surface area contributed by atoms with E-state index >= 15 is 0 Å². The zero-order valence-corrected chi connectivity index (χ0v) is 9.89. The van der Waals surface area contributed by atoms with E-state index in [0.29, 0.717) is 5.84 Å². The second-order valence-electron chi connectivity index (χ2n) is 3.42. The minimum absolute atomic E-state index is 0.0390. The average molecular weight is 236 g/mol. The lowest BCUT2D eigenvalue weighted by molar-refractivity contribution is 0.0851. The van der Waals surface area contributed by atoms with Gasteiger partial charge < -0.3 is 4.84 Å². The summed E-state index contributed by atoms with van der Waals surface area (Å²) in [5, 5.41) is 12.1. The van der Waals surface area contributed by atoms with Crippen LogP contribution in [0.1, 0.15) is 19.4 Å². The van der Waals surface area contributed by atoms with Gasteiger partial charge in [-0.15, -0.1) is 0 Å². The molecule has 0 aliphatic heterocycles. The van der Waals surface area contributed by atoms with Gasteiger partial charge in [-0.3, -0.25) is 0 Å². The SMILES string of the molecule is CC(C)ON=C(c1ccsc1)n1cncn1. The molecular weight excluding hydrogens is 224 g/mol. The molecule has 0 aromatic carbocycles. The Labute approximate surface area is 97.4 Å². The molecule has 16 heavy (non-hydrogen) atoms. The van der Waals surface area contributed by atoms with Gasteiger partial charge in [0.05, 0.1) is 0 Å². The van der Waals surface area contributed by atoms with Crippen LogP contribution in [0.3, 0.4) is 0 Å². The van der Waals surface area contributed by atoms with Crippen molar-refractivity contribution in [3.05, 3.63) is 35.0 Å². The highest BCUT2D eigenvalue weighted by Gasteiger charge is 2.08. The number of hydrogen-bond acceptors (Lipinski definition) is 5. The molecule has 0 fully saturated rings. The number of hydrogen-bond donors (Lipinski definition) is 0. The predicted octanol–water partition coefficient (Wildman–Crippen LogP) is 1.97. The molecule has 0 saturated heterocycles. The summed E-state index contributed by atoms with van der Waals surface area (Å²) in [5.41, 5.74) is 0.969. The van der Waals surface area contributed by atoms with Crippen LogP contribution in [0.2, 0.25) is 0 Å².